The van der Waals surface area contributed by atoms with E-state index in [-0.39, 0.29) is 29.5 Å². The molecule has 0 saturated carbocycles. The molecule has 10 heteroatoms. The van der Waals surface area contributed by atoms with E-state index in [1.54, 1.807) is 38.1 Å². The molecule has 0 bridgehead atoms. The molecular formula is C21H23F3N6O. The number of pyridine rings is 1. The number of hydrogen-bond acceptors (Lipinski definition) is 7. The lowest BCUT2D eigenvalue weighted by Crippen LogP contribution is -2.16. The lowest BCUT2D eigenvalue weighted by Gasteiger charge is -2.19. The van der Waals surface area contributed by atoms with Gasteiger partial charge in [0.25, 0.3) is 0 Å². The third-order valence-corrected chi connectivity index (χ3v) is 4.15. The molecule has 0 unspecified atom stereocenters. The van der Waals surface area contributed by atoms with Crippen LogP contribution in [-0.2, 0) is 11.8 Å². The minimum absolute atomic E-state index is 0.00890. The van der Waals surface area contributed by atoms with Gasteiger partial charge in [-0.2, -0.15) is 28.1 Å². The van der Waals surface area contributed by atoms with Crippen molar-refractivity contribution in [3.8, 4) is 11.5 Å². The van der Waals surface area contributed by atoms with Crippen LogP contribution >= 0.6 is 0 Å². The molecule has 7 nitrogen and oxygen atoms in total. The number of rotatable bonds is 6. The highest BCUT2D eigenvalue weighted by Gasteiger charge is 2.32. The van der Waals surface area contributed by atoms with Crippen molar-refractivity contribution in [1.29, 1.82) is 0 Å². The van der Waals surface area contributed by atoms with Crippen molar-refractivity contribution < 1.29 is 18.3 Å². The maximum atomic E-state index is 13.1. The second-order valence-electron chi connectivity index (χ2n) is 7.78. The first kappa shape index (κ1) is 22.4. The lowest BCUT2D eigenvalue weighted by molar-refractivity contribution is -0.141. The first-order valence-electron chi connectivity index (χ1n) is 9.59. The number of aromatic nitrogens is 4. The zero-order chi connectivity index (χ0) is 22.8. The van der Waals surface area contributed by atoms with Crippen LogP contribution in [0.4, 0.5) is 30.8 Å². The van der Waals surface area contributed by atoms with Gasteiger partial charge in [-0.25, -0.2) is 4.98 Å². The number of alkyl halides is 3. The van der Waals surface area contributed by atoms with E-state index < -0.39 is 17.5 Å². The maximum absolute atomic E-state index is 13.1. The Morgan fingerprint density at radius 2 is 1.58 bits per heavy atom. The summed E-state index contributed by atoms with van der Waals surface area (Å²) in [6.45, 7) is 7.09. The van der Waals surface area contributed by atoms with Gasteiger partial charge in [0.1, 0.15) is 11.4 Å². The van der Waals surface area contributed by atoms with Gasteiger partial charge in [-0.3, -0.25) is 0 Å². The van der Waals surface area contributed by atoms with Crippen LogP contribution in [0.3, 0.4) is 0 Å². The molecule has 0 aliphatic rings. The average Bonchev–Trinajstić information content (AvgIpc) is 2.66. The second kappa shape index (κ2) is 8.46. The zero-order valence-electron chi connectivity index (χ0n) is 17.5. The summed E-state index contributed by atoms with van der Waals surface area (Å²) in [6.07, 6.45) is -4.58. The monoisotopic (exact) mass is 432 g/mol. The molecule has 0 aliphatic heterocycles. The Morgan fingerprint density at radius 1 is 0.903 bits per heavy atom. The van der Waals surface area contributed by atoms with Crippen LogP contribution in [0.15, 0.2) is 42.5 Å². The summed E-state index contributed by atoms with van der Waals surface area (Å²) < 4.78 is 39.2. The molecular weight excluding hydrogens is 409 g/mol. The van der Waals surface area contributed by atoms with Gasteiger partial charge < -0.3 is 15.7 Å². The van der Waals surface area contributed by atoms with Gasteiger partial charge in [0.2, 0.25) is 11.9 Å². The standard InChI is InChI=1S/C21H23F3N6O/c1-12(2)25-18-28-17(15-9-6-10-16(27-15)21(22,23)24)29-19(30-18)26-14-8-5-7-13(11-14)20(3,4)31/h5-12,31H,1-4H3,(H2,25,26,28,29,30). The third-order valence-electron chi connectivity index (χ3n) is 4.15. The molecule has 3 rings (SSSR count). The first-order valence-corrected chi connectivity index (χ1v) is 9.59. The molecule has 2 heterocycles. The molecule has 0 radical (unpaired) electrons. The van der Waals surface area contributed by atoms with E-state index in [0.717, 1.165) is 6.07 Å². The van der Waals surface area contributed by atoms with Crippen molar-refractivity contribution in [2.45, 2.75) is 45.5 Å². The topological polar surface area (TPSA) is 95.9 Å². The van der Waals surface area contributed by atoms with Gasteiger partial charge in [-0.15, -0.1) is 0 Å². The van der Waals surface area contributed by atoms with Crippen LogP contribution in [0.2, 0.25) is 0 Å². The fourth-order valence-corrected chi connectivity index (χ4v) is 2.69. The Labute approximate surface area is 177 Å². The maximum Gasteiger partial charge on any atom is 0.433 e. The number of aliphatic hydroxyl groups is 1. The van der Waals surface area contributed by atoms with Gasteiger partial charge in [-0.1, -0.05) is 18.2 Å². The van der Waals surface area contributed by atoms with Gasteiger partial charge >= 0.3 is 6.18 Å². The summed E-state index contributed by atoms with van der Waals surface area (Å²) >= 11 is 0. The molecule has 31 heavy (non-hydrogen) atoms. The first-order chi connectivity index (χ1) is 14.4. The van der Waals surface area contributed by atoms with E-state index in [9.17, 15) is 18.3 Å². The largest absolute Gasteiger partial charge is 0.433 e. The summed E-state index contributed by atoms with van der Waals surface area (Å²) in [7, 11) is 0. The van der Waals surface area contributed by atoms with E-state index in [1.165, 1.54) is 12.1 Å². The summed E-state index contributed by atoms with van der Waals surface area (Å²) in [5, 5.41) is 16.3. The number of halogens is 3. The van der Waals surface area contributed by atoms with Crippen LogP contribution in [0.25, 0.3) is 11.5 Å². The Morgan fingerprint density at radius 3 is 2.23 bits per heavy atom. The Hall–Kier alpha value is -3.27. The van der Waals surface area contributed by atoms with Crippen molar-refractivity contribution in [2.24, 2.45) is 0 Å². The van der Waals surface area contributed by atoms with Crippen LogP contribution in [0.5, 0.6) is 0 Å². The minimum atomic E-state index is -4.58. The quantitative estimate of drug-likeness (QED) is 0.518. The summed E-state index contributed by atoms with van der Waals surface area (Å²) in [5.74, 6) is 0.311. The van der Waals surface area contributed by atoms with Crippen LogP contribution in [-0.4, -0.2) is 31.1 Å². The molecule has 1 aromatic carbocycles. The number of benzene rings is 1. The summed E-state index contributed by atoms with van der Waals surface area (Å²) in [6, 6.07) is 10.6. The average molecular weight is 432 g/mol. The number of nitrogens with one attached hydrogen (secondary N) is 2. The van der Waals surface area contributed by atoms with Crippen LogP contribution in [0.1, 0.15) is 39.0 Å². The van der Waals surface area contributed by atoms with Crippen LogP contribution < -0.4 is 10.6 Å². The second-order valence-corrected chi connectivity index (χ2v) is 7.78. The predicted molar refractivity (Wildman–Crippen MR) is 112 cm³/mol. The number of nitrogens with zero attached hydrogens (tertiary/aromatic N) is 4. The fraction of sp³-hybridized carbons (Fsp3) is 0.333. The molecule has 0 aliphatic carbocycles. The van der Waals surface area contributed by atoms with Crippen molar-refractivity contribution in [3.63, 3.8) is 0 Å². The molecule has 3 N–H and O–H groups in total. The Balaban J connectivity index is 2.02. The highest BCUT2D eigenvalue weighted by Crippen LogP contribution is 2.29. The summed E-state index contributed by atoms with van der Waals surface area (Å²) in [5.41, 5.74) is -0.835. The molecule has 0 atom stereocenters. The number of hydrogen-bond donors (Lipinski definition) is 3. The fourth-order valence-electron chi connectivity index (χ4n) is 2.69. The predicted octanol–water partition coefficient (Wildman–Crippen LogP) is 4.74. The molecule has 0 fully saturated rings. The highest BCUT2D eigenvalue weighted by molar-refractivity contribution is 5.59. The van der Waals surface area contributed by atoms with E-state index >= 15 is 0 Å². The van der Waals surface area contributed by atoms with E-state index in [0.29, 0.717) is 11.3 Å². The van der Waals surface area contributed by atoms with Gasteiger partial charge in [0.05, 0.1) is 5.60 Å². The molecule has 0 saturated heterocycles. The van der Waals surface area contributed by atoms with E-state index in [4.69, 9.17) is 0 Å². The van der Waals surface area contributed by atoms with Crippen molar-refractivity contribution in [1.82, 2.24) is 19.9 Å². The van der Waals surface area contributed by atoms with Crippen molar-refractivity contribution >= 4 is 17.6 Å². The Bertz CT molecular complexity index is 1060. The van der Waals surface area contributed by atoms with E-state index in [1.807, 2.05) is 13.8 Å². The van der Waals surface area contributed by atoms with Crippen LogP contribution in [0, 0.1) is 0 Å². The van der Waals surface area contributed by atoms with Crippen molar-refractivity contribution in [2.75, 3.05) is 10.6 Å². The molecule has 0 spiro atoms. The zero-order valence-corrected chi connectivity index (χ0v) is 17.5. The normalized spacial score (nSPS) is 12.2. The molecule has 0 amide bonds. The highest BCUT2D eigenvalue weighted by atomic mass is 19.4. The SMILES string of the molecule is CC(C)Nc1nc(Nc2cccc(C(C)(C)O)c2)nc(-c2cccc(C(F)(F)F)n2)n1. The molecule has 2 aromatic heterocycles. The minimum Gasteiger partial charge on any atom is -0.386 e. The molecule has 164 valence electrons. The smallest absolute Gasteiger partial charge is 0.386 e. The molecule has 3 aromatic rings. The third kappa shape index (κ3) is 5.88. The van der Waals surface area contributed by atoms with Gasteiger partial charge in [0.15, 0.2) is 5.82 Å². The lowest BCUT2D eigenvalue weighted by atomic mass is 9.98. The number of anilines is 3. The van der Waals surface area contributed by atoms with Gasteiger partial charge in [-0.05, 0) is 57.5 Å². The van der Waals surface area contributed by atoms with Gasteiger partial charge in [0, 0.05) is 11.7 Å². The Kier molecular flexibility index (Phi) is 6.12. The summed E-state index contributed by atoms with van der Waals surface area (Å²) in [4.78, 5) is 16.4. The van der Waals surface area contributed by atoms with E-state index in [2.05, 4.69) is 30.6 Å². The van der Waals surface area contributed by atoms with Crippen molar-refractivity contribution in [3.05, 3.63) is 53.7 Å².